The van der Waals surface area contributed by atoms with Gasteiger partial charge in [-0.05, 0) is 24.3 Å². The van der Waals surface area contributed by atoms with E-state index in [1.54, 1.807) is 36.4 Å². The molecular formula is C18H10O5. The maximum absolute atomic E-state index is 12.5. The van der Waals surface area contributed by atoms with Gasteiger partial charge in [0.2, 0.25) is 5.78 Å². The molecular weight excluding hydrogens is 296 g/mol. The van der Waals surface area contributed by atoms with Crippen molar-refractivity contribution in [3.8, 4) is 5.75 Å². The lowest BCUT2D eigenvalue weighted by Gasteiger charge is -2.00. The second-order valence-corrected chi connectivity index (χ2v) is 5.09. The topological polar surface area (TPSA) is 80.7 Å². The molecule has 0 bridgehead atoms. The van der Waals surface area contributed by atoms with E-state index < -0.39 is 11.4 Å². The Kier molecular flexibility index (Phi) is 2.81. The van der Waals surface area contributed by atoms with Crippen molar-refractivity contribution in [3.05, 3.63) is 76.3 Å². The van der Waals surface area contributed by atoms with Crippen molar-refractivity contribution in [3.63, 3.8) is 0 Å². The molecule has 0 aliphatic rings. The van der Waals surface area contributed by atoms with Gasteiger partial charge in [0, 0.05) is 6.07 Å². The largest absolute Gasteiger partial charge is 0.507 e. The molecule has 0 radical (unpaired) electrons. The zero-order chi connectivity index (χ0) is 16.0. The predicted molar refractivity (Wildman–Crippen MR) is 83.8 cm³/mol. The molecule has 5 heteroatoms. The fourth-order valence-corrected chi connectivity index (χ4v) is 2.55. The van der Waals surface area contributed by atoms with Gasteiger partial charge in [0.25, 0.3) is 0 Å². The van der Waals surface area contributed by atoms with Crippen molar-refractivity contribution >= 4 is 27.7 Å². The lowest BCUT2D eigenvalue weighted by Crippen LogP contribution is -2.00. The number of phenols is 1. The summed E-state index contributed by atoms with van der Waals surface area (Å²) >= 11 is 0. The molecule has 2 heterocycles. The monoisotopic (exact) mass is 306 g/mol. The molecule has 0 saturated heterocycles. The summed E-state index contributed by atoms with van der Waals surface area (Å²) in [5.41, 5.74) is 0.232. The van der Waals surface area contributed by atoms with E-state index in [1.165, 1.54) is 18.2 Å². The summed E-state index contributed by atoms with van der Waals surface area (Å²) in [6.45, 7) is 0. The molecule has 4 rings (SSSR count). The van der Waals surface area contributed by atoms with Crippen molar-refractivity contribution in [1.29, 1.82) is 0 Å². The number of benzene rings is 2. The van der Waals surface area contributed by atoms with Gasteiger partial charge in [-0.15, -0.1) is 0 Å². The van der Waals surface area contributed by atoms with Crippen LogP contribution in [0.2, 0.25) is 0 Å². The zero-order valence-corrected chi connectivity index (χ0v) is 11.8. The fraction of sp³-hybridized carbons (Fsp3) is 0. The van der Waals surface area contributed by atoms with Crippen LogP contribution in [-0.2, 0) is 0 Å². The van der Waals surface area contributed by atoms with E-state index in [4.69, 9.17) is 8.83 Å². The van der Waals surface area contributed by atoms with Crippen LogP contribution >= 0.6 is 0 Å². The molecule has 1 N–H and O–H groups in total. The van der Waals surface area contributed by atoms with Gasteiger partial charge in [-0.25, -0.2) is 4.79 Å². The highest BCUT2D eigenvalue weighted by Crippen LogP contribution is 2.28. The minimum atomic E-state index is -0.571. The number of furan rings is 1. The molecule has 4 aromatic rings. The molecule has 23 heavy (non-hydrogen) atoms. The molecule has 0 fully saturated rings. The third-order valence-electron chi connectivity index (χ3n) is 3.66. The van der Waals surface area contributed by atoms with Crippen LogP contribution in [0.4, 0.5) is 0 Å². The molecule has 0 aliphatic heterocycles. The molecule has 112 valence electrons. The van der Waals surface area contributed by atoms with Crippen LogP contribution in [0, 0.1) is 0 Å². The molecule has 0 spiro atoms. The highest BCUT2D eigenvalue weighted by Gasteiger charge is 2.20. The minimum Gasteiger partial charge on any atom is -0.507 e. The lowest BCUT2D eigenvalue weighted by atomic mass is 10.1. The second-order valence-electron chi connectivity index (χ2n) is 5.09. The average molecular weight is 306 g/mol. The lowest BCUT2D eigenvalue weighted by molar-refractivity contribution is 0.101. The highest BCUT2D eigenvalue weighted by atomic mass is 16.4. The first-order valence-corrected chi connectivity index (χ1v) is 6.93. The molecule has 0 unspecified atom stereocenters. The van der Waals surface area contributed by atoms with Crippen LogP contribution in [0.3, 0.4) is 0 Å². The molecule has 0 saturated carbocycles. The smallest absolute Gasteiger partial charge is 0.347 e. The van der Waals surface area contributed by atoms with E-state index in [2.05, 4.69) is 0 Å². The first-order valence-electron chi connectivity index (χ1n) is 6.93. The summed E-state index contributed by atoms with van der Waals surface area (Å²) < 4.78 is 10.8. The Morgan fingerprint density at radius 3 is 2.48 bits per heavy atom. The third kappa shape index (κ3) is 2.02. The van der Waals surface area contributed by atoms with Crippen LogP contribution < -0.4 is 5.63 Å². The predicted octanol–water partition coefficient (Wildman–Crippen LogP) is 3.48. The Bertz CT molecular complexity index is 1120. The zero-order valence-electron chi connectivity index (χ0n) is 11.8. The standard InChI is InChI=1S/C18H10O5/c19-13-7-3-1-5-10(13)16(20)15-9-12-17(22-15)11-6-2-4-8-14(11)23-18(12)21/h1-9,19H. The minimum absolute atomic E-state index is 0.0230. The van der Waals surface area contributed by atoms with Crippen molar-refractivity contribution in [2.45, 2.75) is 0 Å². The number of phenolic OH excluding ortho intramolecular Hbond substituents is 1. The summed E-state index contributed by atoms with van der Waals surface area (Å²) in [5.74, 6) is -0.664. The number of rotatable bonds is 2. The summed E-state index contributed by atoms with van der Waals surface area (Å²) in [6, 6.07) is 14.4. The maximum Gasteiger partial charge on any atom is 0.347 e. The van der Waals surface area contributed by atoms with Gasteiger partial charge in [0.15, 0.2) is 11.3 Å². The number of fused-ring (bicyclic) bond motifs is 3. The third-order valence-corrected chi connectivity index (χ3v) is 3.66. The summed E-state index contributed by atoms with van der Waals surface area (Å²) in [5, 5.41) is 10.6. The van der Waals surface area contributed by atoms with Crippen molar-refractivity contribution in [2.75, 3.05) is 0 Å². The van der Waals surface area contributed by atoms with Gasteiger partial charge < -0.3 is 13.9 Å². The van der Waals surface area contributed by atoms with Gasteiger partial charge >= 0.3 is 5.63 Å². The number of carbonyl (C=O) groups is 1. The molecule has 0 amide bonds. The van der Waals surface area contributed by atoms with Crippen molar-refractivity contribution in [2.24, 2.45) is 0 Å². The number of carbonyl (C=O) groups excluding carboxylic acids is 1. The van der Waals surface area contributed by atoms with Gasteiger partial charge in [0.1, 0.15) is 16.7 Å². The second kappa shape index (κ2) is 4.84. The van der Waals surface area contributed by atoms with Gasteiger partial charge in [-0.2, -0.15) is 0 Å². The molecule has 2 aromatic carbocycles. The van der Waals surface area contributed by atoms with E-state index >= 15 is 0 Å². The number of hydrogen-bond acceptors (Lipinski definition) is 5. The molecule has 0 atom stereocenters. The Morgan fingerprint density at radius 2 is 1.65 bits per heavy atom. The Morgan fingerprint density at radius 1 is 0.913 bits per heavy atom. The summed E-state index contributed by atoms with van der Waals surface area (Å²) in [7, 11) is 0. The Balaban J connectivity index is 1.98. The fourth-order valence-electron chi connectivity index (χ4n) is 2.55. The summed E-state index contributed by atoms with van der Waals surface area (Å²) in [4.78, 5) is 24.5. The molecule has 0 aliphatic carbocycles. The molecule has 5 nitrogen and oxygen atoms in total. The number of hydrogen-bond donors (Lipinski definition) is 1. The van der Waals surface area contributed by atoms with Crippen LogP contribution in [0.25, 0.3) is 21.9 Å². The normalized spacial score (nSPS) is 11.1. The average Bonchev–Trinajstić information content (AvgIpc) is 3.01. The maximum atomic E-state index is 12.5. The number of aromatic hydroxyl groups is 1. The van der Waals surface area contributed by atoms with E-state index in [-0.39, 0.29) is 22.5 Å². The Hall–Kier alpha value is -3.34. The van der Waals surface area contributed by atoms with Crippen LogP contribution in [0.1, 0.15) is 16.1 Å². The quantitative estimate of drug-likeness (QED) is 0.453. The SMILES string of the molecule is O=C(c1cc2c(=O)oc3ccccc3c2o1)c1ccccc1O. The van der Waals surface area contributed by atoms with E-state index in [1.807, 2.05) is 0 Å². The summed E-state index contributed by atoms with van der Waals surface area (Å²) in [6.07, 6.45) is 0. The van der Waals surface area contributed by atoms with Crippen LogP contribution in [0.5, 0.6) is 5.75 Å². The van der Waals surface area contributed by atoms with Gasteiger partial charge in [-0.1, -0.05) is 24.3 Å². The van der Waals surface area contributed by atoms with E-state index in [0.29, 0.717) is 16.6 Å². The van der Waals surface area contributed by atoms with Crippen LogP contribution in [-0.4, -0.2) is 10.9 Å². The van der Waals surface area contributed by atoms with E-state index in [0.717, 1.165) is 0 Å². The van der Waals surface area contributed by atoms with Gasteiger partial charge in [-0.3, -0.25) is 4.79 Å². The van der Waals surface area contributed by atoms with E-state index in [9.17, 15) is 14.7 Å². The Labute approximate surface area is 129 Å². The van der Waals surface area contributed by atoms with Crippen molar-refractivity contribution < 1.29 is 18.7 Å². The van der Waals surface area contributed by atoms with Gasteiger partial charge in [0.05, 0.1) is 10.9 Å². The van der Waals surface area contributed by atoms with Crippen molar-refractivity contribution in [1.82, 2.24) is 0 Å². The molecule has 2 aromatic heterocycles. The van der Waals surface area contributed by atoms with Crippen LogP contribution in [0.15, 0.2) is 68.2 Å². The number of ketones is 1. The first kappa shape index (κ1) is 13.3. The highest BCUT2D eigenvalue weighted by molar-refractivity contribution is 6.12. The first-order chi connectivity index (χ1) is 11.1. The number of para-hydroxylation sites is 2.